The number of sulfonamides is 1. The van der Waals surface area contributed by atoms with E-state index in [0.717, 1.165) is 0 Å². The van der Waals surface area contributed by atoms with Crippen LogP contribution >= 0.6 is 0 Å². The highest BCUT2D eigenvalue weighted by Crippen LogP contribution is 2.14. The molecule has 1 rings (SSSR count). The minimum Gasteiger partial charge on any atom is -0.347 e. The third-order valence-electron chi connectivity index (χ3n) is 2.74. The average molecular weight is 328 g/mol. The van der Waals surface area contributed by atoms with E-state index in [0.29, 0.717) is 12.2 Å². The second kappa shape index (κ2) is 8.47. The number of carbonyl (C=O) groups is 2. The number of anilines is 1. The molecule has 9 heteroatoms. The SMILES string of the molecule is CNCCC(=O)NCC(=O)Nc1cccc(S(=O)(=O)NC)c1. The zero-order chi connectivity index (χ0) is 16.6. The van der Waals surface area contributed by atoms with Gasteiger partial charge in [0.1, 0.15) is 0 Å². The molecule has 0 aliphatic rings. The molecule has 2 amide bonds. The molecule has 22 heavy (non-hydrogen) atoms. The minimum atomic E-state index is -3.57. The van der Waals surface area contributed by atoms with Crippen molar-refractivity contribution in [2.45, 2.75) is 11.3 Å². The first-order valence-electron chi connectivity index (χ1n) is 6.64. The van der Waals surface area contributed by atoms with Crippen molar-refractivity contribution in [3.8, 4) is 0 Å². The molecular formula is C13H20N4O4S. The number of carbonyl (C=O) groups excluding carboxylic acids is 2. The molecule has 0 spiro atoms. The van der Waals surface area contributed by atoms with Crippen LogP contribution in [-0.4, -0.2) is 47.4 Å². The summed E-state index contributed by atoms with van der Waals surface area (Å²) in [6.07, 6.45) is 0.277. The highest BCUT2D eigenvalue weighted by molar-refractivity contribution is 7.89. The van der Waals surface area contributed by atoms with E-state index in [2.05, 4.69) is 20.7 Å². The van der Waals surface area contributed by atoms with Gasteiger partial charge in [-0.1, -0.05) is 6.07 Å². The van der Waals surface area contributed by atoms with Crippen molar-refractivity contribution in [3.63, 3.8) is 0 Å². The normalized spacial score (nSPS) is 11.0. The fourth-order valence-corrected chi connectivity index (χ4v) is 2.35. The topological polar surface area (TPSA) is 116 Å². The number of benzene rings is 1. The van der Waals surface area contributed by atoms with Crippen LogP contribution in [0.25, 0.3) is 0 Å². The van der Waals surface area contributed by atoms with Gasteiger partial charge in [-0.15, -0.1) is 0 Å². The van der Waals surface area contributed by atoms with Gasteiger partial charge in [-0.25, -0.2) is 13.1 Å². The van der Waals surface area contributed by atoms with Crippen molar-refractivity contribution in [1.82, 2.24) is 15.4 Å². The number of hydrogen-bond donors (Lipinski definition) is 4. The Morgan fingerprint density at radius 2 is 1.86 bits per heavy atom. The van der Waals surface area contributed by atoms with Crippen molar-refractivity contribution >= 4 is 27.5 Å². The first-order chi connectivity index (χ1) is 10.4. The Balaban J connectivity index is 2.58. The van der Waals surface area contributed by atoms with E-state index in [-0.39, 0.29) is 23.8 Å². The van der Waals surface area contributed by atoms with Gasteiger partial charge in [0.2, 0.25) is 21.8 Å². The predicted octanol–water partition coefficient (Wildman–Crippen LogP) is -0.741. The molecule has 8 nitrogen and oxygen atoms in total. The number of hydrogen-bond acceptors (Lipinski definition) is 5. The molecule has 0 fully saturated rings. The molecular weight excluding hydrogens is 308 g/mol. The molecule has 0 atom stereocenters. The molecule has 1 aromatic rings. The Bertz CT molecular complexity index is 631. The third kappa shape index (κ3) is 5.80. The number of amides is 2. The maximum absolute atomic E-state index is 11.7. The Morgan fingerprint density at radius 3 is 2.50 bits per heavy atom. The summed E-state index contributed by atoms with van der Waals surface area (Å²) in [6.45, 7) is 0.350. The highest BCUT2D eigenvalue weighted by Gasteiger charge is 2.12. The van der Waals surface area contributed by atoms with Crippen molar-refractivity contribution in [3.05, 3.63) is 24.3 Å². The summed E-state index contributed by atoms with van der Waals surface area (Å²) in [5.74, 6) is -0.673. The summed E-state index contributed by atoms with van der Waals surface area (Å²) in [4.78, 5) is 23.1. The predicted molar refractivity (Wildman–Crippen MR) is 82.9 cm³/mol. The van der Waals surface area contributed by atoms with Crippen LogP contribution < -0.4 is 20.7 Å². The lowest BCUT2D eigenvalue weighted by Gasteiger charge is -2.08. The molecule has 0 saturated heterocycles. The monoisotopic (exact) mass is 328 g/mol. The van der Waals surface area contributed by atoms with Crippen LogP contribution in [0.3, 0.4) is 0 Å². The van der Waals surface area contributed by atoms with Gasteiger partial charge in [-0.3, -0.25) is 9.59 Å². The van der Waals surface area contributed by atoms with Gasteiger partial charge in [0.25, 0.3) is 0 Å². The Morgan fingerprint density at radius 1 is 1.14 bits per heavy atom. The highest BCUT2D eigenvalue weighted by atomic mass is 32.2. The fourth-order valence-electron chi connectivity index (χ4n) is 1.57. The number of rotatable bonds is 8. The zero-order valence-corrected chi connectivity index (χ0v) is 13.3. The largest absolute Gasteiger partial charge is 0.347 e. The summed E-state index contributed by atoms with van der Waals surface area (Å²) >= 11 is 0. The fraction of sp³-hybridized carbons (Fsp3) is 0.385. The molecule has 1 aromatic carbocycles. The van der Waals surface area contributed by atoms with Crippen molar-refractivity contribution in [2.24, 2.45) is 0 Å². The van der Waals surface area contributed by atoms with Crippen LogP contribution in [0.5, 0.6) is 0 Å². The van der Waals surface area contributed by atoms with Crippen molar-refractivity contribution < 1.29 is 18.0 Å². The van der Waals surface area contributed by atoms with E-state index >= 15 is 0 Å². The van der Waals surface area contributed by atoms with Gasteiger partial charge in [0.05, 0.1) is 11.4 Å². The molecule has 0 saturated carbocycles. The van der Waals surface area contributed by atoms with Gasteiger partial charge < -0.3 is 16.0 Å². The summed E-state index contributed by atoms with van der Waals surface area (Å²) in [5.41, 5.74) is 0.339. The Hall–Kier alpha value is -1.97. The molecule has 0 bridgehead atoms. The molecule has 0 radical (unpaired) electrons. The standard InChI is InChI=1S/C13H20N4O4S/c1-14-7-6-12(18)16-9-13(19)17-10-4-3-5-11(8-10)22(20,21)15-2/h3-5,8,14-15H,6-7,9H2,1-2H3,(H,16,18)(H,17,19). The van der Waals surface area contributed by atoms with Crippen LogP contribution in [0.1, 0.15) is 6.42 Å². The van der Waals surface area contributed by atoms with E-state index in [1.807, 2.05) is 0 Å². The van der Waals surface area contributed by atoms with Crippen molar-refractivity contribution in [2.75, 3.05) is 32.5 Å². The van der Waals surface area contributed by atoms with E-state index < -0.39 is 15.9 Å². The van der Waals surface area contributed by atoms with E-state index in [4.69, 9.17) is 0 Å². The van der Waals surface area contributed by atoms with E-state index in [1.165, 1.54) is 25.2 Å². The lowest BCUT2D eigenvalue weighted by atomic mass is 10.3. The lowest BCUT2D eigenvalue weighted by molar-refractivity contribution is -0.124. The summed E-state index contributed by atoms with van der Waals surface area (Å²) in [5, 5.41) is 7.83. The summed E-state index contributed by atoms with van der Waals surface area (Å²) in [6, 6.07) is 5.84. The summed E-state index contributed by atoms with van der Waals surface area (Å²) < 4.78 is 25.5. The van der Waals surface area contributed by atoms with Gasteiger partial charge in [0.15, 0.2) is 0 Å². The van der Waals surface area contributed by atoms with Crippen LogP contribution in [0.4, 0.5) is 5.69 Å². The van der Waals surface area contributed by atoms with E-state index in [9.17, 15) is 18.0 Å². The zero-order valence-electron chi connectivity index (χ0n) is 12.5. The first kappa shape index (κ1) is 18.1. The molecule has 0 aliphatic carbocycles. The van der Waals surface area contributed by atoms with Gasteiger partial charge in [0, 0.05) is 18.7 Å². The second-order valence-corrected chi connectivity index (χ2v) is 6.30. The van der Waals surface area contributed by atoms with Gasteiger partial charge >= 0.3 is 0 Å². The maximum Gasteiger partial charge on any atom is 0.243 e. The second-order valence-electron chi connectivity index (χ2n) is 4.41. The molecule has 4 N–H and O–H groups in total. The smallest absolute Gasteiger partial charge is 0.243 e. The van der Waals surface area contributed by atoms with Gasteiger partial charge in [-0.05, 0) is 32.3 Å². The maximum atomic E-state index is 11.7. The average Bonchev–Trinajstić information content (AvgIpc) is 2.51. The molecule has 0 aromatic heterocycles. The Labute approximate surface area is 129 Å². The number of nitrogens with one attached hydrogen (secondary N) is 4. The van der Waals surface area contributed by atoms with E-state index in [1.54, 1.807) is 13.1 Å². The molecule has 0 heterocycles. The summed E-state index contributed by atoms with van der Waals surface area (Å²) in [7, 11) is -0.535. The third-order valence-corrected chi connectivity index (χ3v) is 4.16. The molecule has 0 aliphatic heterocycles. The minimum absolute atomic E-state index is 0.0471. The van der Waals surface area contributed by atoms with Crippen LogP contribution in [0.15, 0.2) is 29.2 Å². The van der Waals surface area contributed by atoms with Crippen LogP contribution in [0, 0.1) is 0 Å². The van der Waals surface area contributed by atoms with Crippen molar-refractivity contribution in [1.29, 1.82) is 0 Å². The molecule has 0 unspecified atom stereocenters. The molecule has 122 valence electrons. The van der Waals surface area contributed by atoms with Crippen LogP contribution in [0.2, 0.25) is 0 Å². The van der Waals surface area contributed by atoms with Gasteiger partial charge in [-0.2, -0.15) is 0 Å². The van der Waals surface area contributed by atoms with Crippen LogP contribution in [-0.2, 0) is 19.6 Å². The quantitative estimate of drug-likeness (QED) is 0.501. The lowest BCUT2D eigenvalue weighted by Crippen LogP contribution is -2.34. The first-order valence-corrected chi connectivity index (χ1v) is 8.12. The Kier molecular flexibility index (Phi) is 6.96.